The van der Waals surface area contributed by atoms with E-state index in [0.29, 0.717) is 0 Å². The lowest BCUT2D eigenvalue weighted by molar-refractivity contribution is -0.247. The molecule has 19 heavy (non-hydrogen) atoms. The van der Waals surface area contributed by atoms with Crippen LogP contribution in [0.4, 0.5) is 0 Å². The van der Waals surface area contributed by atoms with Gasteiger partial charge in [0.1, 0.15) is 30.5 Å². The van der Waals surface area contributed by atoms with E-state index in [9.17, 15) is 30.6 Å². The van der Waals surface area contributed by atoms with Crippen LogP contribution >= 0.6 is 0 Å². The minimum absolute atomic E-state index is 0.00890. The minimum atomic E-state index is -1.53. The minimum Gasteiger partial charge on any atom is -0.394 e. The highest BCUT2D eigenvalue weighted by Gasteiger charge is 2.52. The summed E-state index contributed by atoms with van der Waals surface area (Å²) >= 11 is 0. The van der Waals surface area contributed by atoms with Crippen molar-refractivity contribution < 1.29 is 40.5 Å². The molecule has 7 N–H and O–H groups in total. The number of hydrogen-bond donors (Lipinski definition) is 7. The highest BCUT2D eigenvalue weighted by Crippen LogP contribution is 2.36. The number of hydrogen-bond acceptors (Lipinski definition) is 8. The van der Waals surface area contributed by atoms with Crippen LogP contribution in [-0.2, 0) is 4.74 Å². The fourth-order valence-corrected chi connectivity index (χ4v) is 2.85. The van der Waals surface area contributed by atoms with E-state index in [1.54, 1.807) is 0 Å². The second-order valence-electron chi connectivity index (χ2n) is 5.24. The first kappa shape index (κ1) is 15.1. The molecule has 0 amide bonds. The Morgan fingerprint density at radius 3 is 1.89 bits per heavy atom. The van der Waals surface area contributed by atoms with E-state index in [2.05, 4.69) is 0 Å². The summed E-state index contributed by atoms with van der Waals surface area (Å²) in [6.45, 7) is -0.560. The van der Waals surface area contributed by atoms with Gasteiger partial charge in [0.2, 0.25) is 0 Å². The molecule has 0 aromatic rings. The fraction of sp³-hybridized carbons (Fsp3) is 1.00. The Morgan fingerprint density at radius 2 is 1.42 bits per heavy atom. The van der Waals surface area contributed by atoms with Gasteiger partial charge in [-0.1, -0.05) is 0 Å². The molecule has 9 atom stereocenters. The lowest BCUT2D eigenvalue weighted by Gasteiger charge is -2.43. The van der Waals surface area contributed by atoms with Crippen LogP contribution in [0.5, 0.6) is 0 Å². The zero-order chi connectivity index (χ0) is 14.3. The zero-order valence-electron chi connectivity index (χ0n) is 10.1. The van der Waals surface area contributed by atoms with Gasteiger partial charge in [-0.05, 0) is 6.42 Å². The summed E-state index contributed by atoms with van der Waals surface area (Å²) in [5, 5.41) is 67.0. The van der Waals surface area contributed by atoms with Gasteiger partial charge < -0.3 is 40.5 Å². The van der Waals surface area contributed by atoms with Crippen LogP contribution in [0, 0.1) is 5.92 Å². The summed E-state index contributed by atoms with van der Waals surface area (Å²) in [7, 11) is 0. The highest BCUT2D eigenvalue weighted by atomic mass is 16.5. The Bertz CT molecular complexity index is 311. The second-order valence-corrected chi connectivity index (χ2v) is 5.24. The van der Waals surface area contributed by atoms with E-state index < -0.39 is 61.4 Å². The van der Waals surface area contributed by atoms with Crippen LogP contribution in [0.25, 0.3) is 0 Å². The molecular weight excluding hydrogens is 260 g/mol. The standard InChI is InChI=1S/C11H20O8/c12-2-5-8(16)9(17)10(18)11(19-5)3-1-4(13)7(15)6(3)14/h3-18H,1-2H2/t3?,4-,5-,6+,7-,8-,9+,10-,11+/m1/s1. The summed E-state index contributed by atoms with van der Waals surface area (Å²) in [5.74, 6) is -0.795. The average molecular weight is 280 g/mol. The van der Waals surface area contributed by atoms with Crippen LogP contribution in [0.3, 0.4) is 0 Å². The van der Waals surface area contributed by atoms with Crippen molar-refractivity contribution in [3.63, 3.8) is 0 Å². The predicted molar refractivity (Wildman–Crippen MR) is 59.9 cm³/mol. The van der Waals surface area contributed by atoms with E-state index >= 15 is 0 Å². The molecule has 1 heterocycles. The maximum Gasteiger partial charge on any atom is 0.111 e. The first-order valence-electron chi connectivity index (χ1n) is 6.23. The summed E-state index contributed by atoms with van der Waals surface area (Å²) in [6, 6.07) is 0. The van der Waals surface area contributed by atoms with E-state index in [1.165, 1.54) is 0 Å². The fourth-order valence-electron chi connectivity index (χ4n) is 2.85. The third kappa shape index (κ3) is 2.50. The Kier molecular flexibility index (Phi) is 4.43. The summed E-state index contributed by atoms with van der Waals surface area (Å²) in [5.41, 5.74) is 0. The zero-order valence-corrected chi connectivity index (χ0v) is 10.1. The third-order valence-electron chi connectivity index (χ3n) is 4.05. The Hall–Kier alpha value is -0.320. The van der Waals surface area contributed by atoms with Crippen LogP contribution in [0.15, 0.2) is 0 Å². The first-order chi connectivity index (χ1) is 8.88. The summed E-state index contributed by atoms with van der Waals surface area (Å²) < 4.78 is 5.29. The van der Waals surface area contributed by atoms with Crippen molar-refractivity contribution >= 4 is 0 Å². The highest BCUT2D eigenvalue weighted by molar-refractivity contribution is 5.01. The maximum absolute atomic E-state index is 9.88. The van der Waals surface area contributed by atoms with Crippen molar-refractivity contribution in [1.82, 2.24) is 0 Å². The summed E-state index contributed by atoms with van der Waals surface area (Å²) in [4.78, 5) is 0. The van der Waals surface area contributed by atoms with Gasteiger partial charge in [-0.2, -0.15) is 0 Å². The molecule has 1 aliphatic carbocycles. The van der Waals surface area contributed by atoms with Crippen LogP contribution in [-0.4, -0.2) is 91.2 Å². The third-order valence-corrected chi connectivity index (χ3v) is 4.05. The van der Waals surface area contributed by atoms with Gasteiger partial charge in [-0.25, -0.2) is 0 Å². The lowest BCUT2D eigenvalue weighted by atomic mass is 9.86. The molecule has 1 aliphatic heterocycles. The lowest BCUT2D eigenvalue weighted by Crippen LogP contribution is -2.61. The molecule has 8 nitrogen and oxygen atoms in total. The second kappa shape index (κ2) is 5.58. The monoisotopic (exact) mass is 280 g/mol. The van der Waals surface area contributed by atoms with Crippen molar-refractivity contribution in [1.29, 1.82) is 0 Å². The van der Waals surface area contributed by atoms with Crippen molar-refractivity contribution in [2.75, 3.05) is 6.61 Å². The quantitative estimate of drug-likeness (QED) is 0.270. The van der Waals surface area contributed by atoms with Gasteiger partial charge in [0, 0.05) is 5.92 Å². The smallest absolute Gasteiger partial charge is 0.111 e. The molecule has 0 radical (unpaired) electrons. The van der Waals surface area contributed by atoms with Crippen molar-refractivity contribution in [2.45, 2.75) is 55.3 Å². The van der Waals surface area contributed by atoms with Gasteiger partial charge >= 0.3 is 0 Å². The van der Waals surface area contributed by atoms with Gasteiger partial charge in [-0.3, -0.25) is 0 Å². The molecule has 2 aliphatic rings. The molecule has 2 rings (SSSR count). The Balaban J connectivity index is 2.15. The van der Waals surface area contributed by atoms with Crippen LogP contribution in [0.2, 0.25) is 0 Å². The molecular formula is C11H20O8. The van der Waals surface area contributed by atoms with Gasteiger partial charge in [0.15, 0.2) is 0 Å². The van der Waals surface area contributed by atoms with E-state index in [0.717, 1.165) is 0 Å². The van der Waals surface area contributed by atoms with Gasteiger partial charge in [-0.15, -0.1) is 0 Å². The molecule has 2 fully saturated rings. The largest absolute Gasteiger partial charge is 0.394 e. The molecule has 112 valence electrons. The molecule has 0 bridgehead atoms. The Morgan fingerprint density at radius 1 is 0.789 bits per heavy atom. The summed E-state index contributed by atoms with van der Waals surface area (Å²) in [6.07, 6.45) is -10.4. The number of aliphatic hydroxyl groups excluding tert-OH is 7. The maximum atomic E-state index is 9.88. The van der Waals surface area contributed by atoms with E-state index in [4.69, 9.17) is 9.84 Å². The topological polar surface area (TPSA) is 151 Å². The average Bonchev–Trinajstić information content (AvgIpc) is 2.64. The van der Waals surface area contributed by atoms with E-state index in [-0.39, 0.29) is 6.42 Å². The molecule has 0 spiro atoms. The SMILES string of the molecule is OC[C@H]1O[C@@H](C2C[C@@H](O)[C@@H](O)[C@H]2O)[C@H](O)[C@@H](O)[C@@H]1O. The predicted octanol–water partition coefficient (Wildman–Crippen LogP) is -4.07. The molecule has 1 unspecified atom stereocenters. The van der Waals surface area contributed by atoms with Crippen molar-refractivity contribution in [3.8, 4) is 0 Å². The number of aliphatic hydroxyl groups is 7. The van der Waals surface area contributed by atoms with Crippen LogP contribution in [0.1, 0.15) is 6.42 Å². The molecule has 0 aromatic heterocycles. The molecule has 1 saturated heterocycles. The van der Waals surface area contributed by atoms with Crippen LogP contribution < -0.4 is 0 Å². The Labute approximate surface area is 109 Å². The van der Waals surface area contributed by atoms with Crippen molar-refractivity contribution in [2.24, 2.45) is 5.92 Å². The van der Waals surface area contributed by atoms with Crippen molar-refractivity contribution in [3.05, 3.63) is 0 Å². The first-order valence-corrected chi connectivity index (χ1v) is 6.23. The number of ether oxygens (including phenoxy) is 1. The van der Waals surface area contributed by atoms with Gasteiger partial charge in [0.25, 0.3) is 0 Å². The molecule has 0 aromatic carbocycles. The van der Waals surface area contributed by atoms with Gasteiger partial charge in [0.05, 0.1) is 24.9 Å². The molecule has 1 saturated carbocycles. The molecule has 8 heteroatoms. The van der Waals surface area contributed by atoms with E-state index in [1.807, 2.05) is 0 Å². The number of rotatable bonds is 2. The normalized spacial score (nSPS) is 55.4.